The Bertz CT molecular complexity index is 373. The van der Waals surface area contributed by atoms with Gasteiger partial charge in [0.1, 0.15) is 10.9 Å². The third-order valence-electron chi connectivity index (χ3n) is 1.39. The van der Waals surface area contributed by atoms with Crippen LogP contribution in [-0.4, -0.2) is 20.5 Å². The SMILES string of the molecule is COS(=O)(=O)Cc1ccc(Cl)nc1. The van der Waals surface area contributed by atoms with E-state index < -0.39 is 10.1 Å². The molecule has 0 N–H and O–H groups in total. The number of aromatic nitrogens is 1. The van der Waals surface area contributed by atoms with Crippen molar-refractivity contribution in [2.24, 2.45) is 0 Å². The van der Waals surface area contributed by atoms with Gasteiger partial charge in [0.2, 0.25) is 0 Å². The normalized spacial score (nSPS) is 11.5. The summed E-state index contributed by atoms with van der Waals surface area (Å²) in [5, 5.41) is 0.332. The molecular weight excluding hydrogens is 214 g/mol. The van der Waals surface area contributed by atoms with Crippen LogP contribution in [0, 0.1) is 0 Å². The van der Waals surface area contributed by atoms with E-state index in [9.17, 15) is 8.42 Å². The number of rotatable bonds is 3. The van der Waals surface area contributed by atoms with E-state index in [-0.39, 0.29) is 5.75 Å². The minimum Gasteiger partial charge on any atom is -0.273 e. The van der Waals surface area contributed by atoms with Gasteiger partial charge in [0.05, 0.1) is 7.11 Å². The average molecular weight is 222 g/mol. The van der Waals surface area contributed by atoms with E-state index in [1.165, 1.54) is 12.3 Å². The Balaban J connectivity index is 2.82. The molecule has 0 radical (unpaired) electrons. The molecule has 72 valence electrons. The smallest absolute Gasteiger partial charge is 0.271 e. The lowest BCUT2D eigenvalue weighted by Crippen LogP contribution is -2.05. The van der Waals surface area contributed by atoms with Crippen molar-refractivity contribution in [1.29, 1.82) is 0 Å². The summed E-state index contributed by atoms with van der Waals surface area (Å²) in [6, 6.07) is 3.12. The molecule has 0 saturated carbocycles. The van der Waals surface area contributed by atoms with Crippen molar-refractivity contribution in [3.05, 3.63) is 29.0 Å². The third-order valence-corrected chi connectivity index (χ3v) is 2.80. The van der Waals surface area contributed by atoms with Gasteiger partial charge in [-0.15, -0.1) is 0 Å². The molecule has 0 aliphatic carbocycles. The van der Waals surface area contributed by atoms with Crippen LogP contribution >= 0.6 is 11.6 Å². The Morgan fingerprint density at radius 1 is 1.54 bits per heavy atom. The van der Waals surface area contributed by atoms with Gasteiger partial charge < -0.3 is 0 Å². The molecule has 0 atom stereocenters. The topological polar surface area (TPSA) is 56.3 Å². The first kappa shape index (κ1) is 10.4. The second-order valence-electron chi connectivity index (χ2n) is 2.36. The molecule has 0 spiro atoms. The van der Waals surface area contributed by atoms with Crippen LogP contribution < -0.4 is 0 Å². The van der Waals surface area contributed by atoms with Crippen molar-refractivity contribution in [2.75, 3.05) is 7.11 Å². The van der Waals surface area contributed by atoms with Crippen molar-refractivity contribution in [2.45, 2.75) is 5.75 Å². The van der Waals surface area contributed by atoms with Crippen LogP contribution in [0.5, 0.6) is 0 Å². The molecule has 1 rings (SSSR count). The van der Waals surface area contributed by atoms with Gasteiger partial charge in [-0.3, -0.25) is 4.18 Å². The van der Waals surface area contributed by atoms with Gasteiger partial charge in [0, 0.05) is 6.20 Å². The van der Waals surface area contributed by atoms with Crippen molar-refractivity contribution in [3.63, 3.8) is 0 Å². The molecule has 0 amide bonds. The number of halogens is 1. The first-order valence-electron chi connectivity index (χ1n) is 3.42. The summed E-state index contributed by atoms with van der Waals surface area (Å²) in [6.07, 6.45) is 1.40. The second kappa shape index (κ2) is 4.04. The number of nitrogens with zero attached hydrogens (tertiary/aromatic N) is 1. The molecule has 0 fully saturated rings. The Morgan fingerprint density at radius 2 is 2.23 bits per heavy atom. The molecule has 0 bridgehead atoms. The van der Waals surface area contributed by atoms with Gasteiger partial charge in [-0.05, 0) is 11.6 Å². The summed E-state index contributed by atoms with van der Waals surface area (Å²) in [7, 11) is -2.34. The van der Waals surface area contributed by atoms with E-state index in [1.807, 2.05) is 0 Å². The van der Waals surface area contributed by atoms with Gasteiger partial charge in [-0.2, -0.15) is 8.42 Å². The fourth-order valence-corrected chi connectivity index (χ4v) is 1.56. The Kier molecular flexibility index (Phi) is 3.24. The maximum Gasteiger partial charge on any atom is 0.271 e. The highest BCUT2D eigenvalue weighted by atomic mass is 35.5. The highest BCUT2D eigenvalue weighted by molar-refractivity contribution is 7.85. The molecule has 1 heterocycles. The van der Waals surface area contributed by atoms with E-state index in [2.05, 4.69) is 9.17 Å². The monoisotopic (exact) mass is 221 g/mol. The van der Waals surface area contributed by atoms with Crippen LogP contribution in [0.2, 0.25) is 5.15 Å². The Morgan fingerprint density at radius 3 is 2.69 bits per heavy atom. The summed E-state index contributed by atoms with van der Waals surface area (Å²) < 4.78 is 26.2. The van der Waals surface area contributed by atoms with Crippen LogP contribution in [0.15, 0.2) is 18.3 Å². The van der Waals surface area contributed by atoms with Crippen molar-refractivity contribution >= 4 is 21.7 Å². The fourth-order valence-electron chi connectivity index (χ4n) is 0.755. The van der Waals surface area contributed by atoms with Crippen molar-refractivity contribution in [3.8, 4) is 0 Å². The second-order valence-corrected chi connectivity index (χ2v) is 4.48. The van der Waals surface area contributed by atoms with Gasteiger partial charge in [0.25, 0.3) is 10.1 Å². The largest absolute Gasteiger partial charge is 0.273 e. The van der Waals surface area contributed by atoms with Crippen LogP contribution in [0.4, 0.5) is 0 Å². The molecule has 0 aliphatic rings. The van der Waals surface area contributed by atoms with Gasteiger partial charge in [-0.1, -0.05) is 17.7 Å². The zero-order chi connectivity index (χ0) is 9.90. The van der Waals surface area contributed by atoms with Crippen molar-refractivity contribution in [1.82, 2.24) is 4.98 Å². The number of pyridine rings is 1. The maximum absolute atomic E-state index is 11.0. The zero-order valence-corrected chi connectivity index (χ0v) is 8.47. The summed E-state index contributed by atoms with van der Waals surface area (Å²) in [4.78, 5) is 3.74. The summed E-state index contributed by atoms with van der Waals surface area (Å²) in [6.45, 7) is 0. The minimum atomic E-state index is -3.47. The standard InChI is InChI=1S/C7H8ClNO3S/c1-12-13(10,11)5-6-2-3-7(8)9-4-6/h2-4H,5H2,1H3. The maximum atomic E-state index is 11.0. The fraction of sp³-hybridized carbons (Fsp3) is 0.286. The summed E-state index contributed by atoms with van der Waals surface area (Å²) >= 11 is 5.52. The van der Waals surface area contributed by atoms with Crippen LogP contribution in [0.1, 0.15) is 5.56 Å². The highest BCUT2D eigenvalue weighted by Crippen LogP contribution is 2.09. The van der Waals surface area contributed by atoms with Gasteiger partial charge in [-0.25, -0.2) is 4.98 Å². The first-order chi connectivity index (χ1) is 6.03. The molecule has 0 aliphatic heterocycles. The average Bonchev–Trinajstić information content (AvgIpc) is 2.09. The zero-order valence-electron chi connectivity index (χ0n) is 6.90. The molecule has 4 nitrogen and oxygen atoms in total. The molecule has 13 heavy (non-hydrogen) atoms. The molecule has 0 saturated heterocycles. The highest BCUT2D eigenvalue weighted by Gasteiger charge is 2.09. The van der Waals surface area contributed by atoms with Crippen LogP contribution in [0.25, 0.3) is 0 Å². The number of hydrogen-bond donors (Lipinski definition) is 0. The summed E-state index contributed by atoms with van der Waals surface area (Å²) in [5.74, 6) is -0.187. The van der Waals surface area contributed by atoms with E-state index in [4.69, 9.17) is 11.6 Å². The Labute approximate surface area is 81.6 Å². The lowest BCUT2D eigenvalue weighted by molar-refractivity contribution is 0.397. The van der Waals surface area contributed by atoms with E-state index in [1.54, 1.807) is 6.07 Å². The van der Waals surface area contributed by atoms with Crippen LogP contribution in [0.3, 0.4) is 0 Å². The molecule has 6 heteroatoms. The molecule has 0 aromatic carbocycles. The van der Waals surface area contributed by atoms with Crippen molar-refractivity contribution < 1.29 is 12.6 Å². The van der Waals surface area contributed by atoms with Gasteiger partial charge in [0.15, 0.2) is 0 Å². The summed E-state index contributed by atoms with van der Waals surface area (Å²) in [5.41, 5.74) is 0.547. The van der Waals surface area contributed by atoms with Gasteiger partial charge >= 0.3 is 0 Å². The van der Waals surface area contributed by atoms with E-state index >= 15 is 0 Å². The lowest BCUT2D eigenvalue weighted by atomic mass is 10.3. The Hall–Kier alpha value is -0.650. The molecule has 0 unspecified atom stereocenters. The molecule has 1 aromatic rings. The predicted molar refractivity (Wildman–Crippen MR) is 48.9 cm³/mol. The minimum absolute atomic E-state index is 0.187. The third kappa shape index (κ3) is 3.30. The van der Waals surface area contributed by atoms with Crippen LogP contribution in [-0.2, 0) is 20.1 Å². The lowest BCUT2D eigenvalue weighted by Gasteiger charge is -2.00. The molecule has 1 aromatic heterocycles. The van der Waals surface area contributed by atoms with E-state index in [0.717, 1.165) is 7.11 Å². The van der Waals surface area contributed by atoms with E-state index in [0.29, 0.717) is 10.7 Å². The quantitative estimate of drug-likeness (QED) is 0.569. The predicted octanol–water partition coefficient (Wildman–Crippen LogP) is 1.21. The number of hydrogen-bond acceptors (Lipinski definition) is 4. The first-order valence-corrected chi connectivity index (χ1v) is 5.38. The molecular formula is C7H8ClNO3S.